The van der Waals surface area contributed by atoms with Crippen LogP contribution in [0.3, 0.4) is 0 Å². The molecule has 0 aromatic heterocycles. The van der Waals surface area contributed by atoms with Gasteiger partial charge in [-0.15, -0.1) is 0 Å². The minimum atomic E-state index is -0.242. The van der Waals surface area contributed by atoms with Gasteiger partial charge in [0.25, 0.3) is 0 Å². The quantitative estimate of drug-likeness (QED) is 0.918. The number of nitrogens with zero attached hydrogens (tertiary/aromatic N) is 1. The predicted octanol–water partition coefficient (Wildman–Crippen LogP) is 2.44. The van der Waals surface area contributed by atoms with Crippen LogP contribution in [0.1, 0.15) is 37.7 Å². The van der Waals surface area contributed by atoms with Gasteiger partial charge in [-0.05, 0) is 49.8 Å². The fourth-order valence-corrected chi connectivity index (χ4v) is 3.08. The van der Waals surface area contributed by atoms with Crippen molar-refractivity contribution in [1.82, 2.24) is 4.90 Å². The molecule has 3 rings (SSSR count). The maximum absolute atomic E-state index is 13.3. The summed E-state index contributed by atoms with van der Waals surface area (Å²) in [5.74, 6) is 0.0393. The van der Waals surface area contributed by atoms with E-state index in [9.17, 15) is 9.18 Å². The smallest absolute Gasteiger partial charge is 0.226 e. The molecule has 2 aliphatic rings. The molecule has 0 aliphatic heterocycles. The van der Waals surface area contributed by atoms with Crippen LogP contribution < -0.4 is 5.73 Å². The molecule has 1 aromatic carbocycles. The Labute approximate surface area is 118 Å². The second-order valence-corrected chi connectivity index (χ2v) is 6.10. The van der Waals surface area contributed by atoms with E-state index in [1.807, 2.05) is 11.0 Å². The van der Waals surface area contributed by atoms with E-state index in [1.165, 1.54) is 12.1 Å². The van der Waals surface area contributed by atoms with Crippen molar-refractivity contribution in [1.29, 1.82) is 0 Å². The number of carbonyl (C=O) groups is 1. The highest BCUT2D eigenvalue weighted by molar-refractivity contribution is 5.80. The van der Waals surface area contributed by atoms with E-state index in [0.717, 1.165) is 37.7 Å². The van der Waals surface area contributed by atoms with Crippen molar-refractivity contribution in [3.05, 3.63) is 35.6 Å². The first-order valence-corrected chi connectivity index (χ1v) is 7.44. The average molecular weight is 276 g/mol. The van der Waals surface area contributed by atoms with Crippen LogP contribution in [0.4, 0.5) is 4.39 Å². The Bertz CT molecular complexity index is 501. The Hall–Kier alpha value is -1.42. The van der Waals surface area contributed by atoms with Gasteiger partial charge in [0.1, 0.15) is 5.82 Å². The normalized spacial score (nSPS) is 25.7. The van der Waals surface area contributed by atoms with Crippen LogP contribution in [-0.2, 0) is 11.3 Å². The van der Waals surface area contributed by atoms with Crippen LogP contribution in [0.15, 0.2) is 24.3 Å². The van der Waals surface area contributed by atoms with Gasteiger partial charge in [0.2, 0.25) is 5.91 Å². The van der Waals surface area contributed by atoms with Crippen LogP contribution in [0.25, 0.3) is 0 Å². The lowest BCUT2D eigenvalue weighted by Crippen LogP contribution is -2.37. The van der Waals surface area contributed by atoms with Crippen LogP contribution in [0, 0.1) is 11.7 Å². The molecule has 0 radical (unpaired) electrons. The monoisotopic (exact) mass is 276 g/mol. The highest BCUT2D eigenvalue weighted by Crippen LogP contribution is 2.33. The number of hydrogen-bond donors (Lipinski definition) is 1. The van der Waals surface area contributed by atoms with Gasteiger partial charge in [-0.3, -0.25) is 4.79 Å². The SMILES string of the molecule is NC1CCC(C(=O)N(Cc2cccc(F)c2)C2CC2)C1. The van der Waals surface area contributed by atoms with Crippen molar-refractivity contribution < 1.29 is 9.18 Å². The Morgan fingerprint density at radius 1 is 1.30 bits per heavy atom. The third-order valence-corrected chi connectivity index (χ3v) is 4.34. The second kappa shape index (κ2) is 5.52. The average Bonchev–Trinajstić information content (AvgIpc) is 3.17. The summed E-state index contributed by atoms with van der Waals surface area (Å²) in [6.45, 7) is 0.521. The predicted molar refractivity (Wildman–Crippen MR) is 75.3 cm³/mol. The Morgan fingerprint density at radius 3 is 2.70 bits per heavy atom. The van der Waals surface area contributed by atoms with E-state index >= 15 is 0 Å². The lowest BCUT2D eigenvalue weighted by molar-refractivity contribution is -0.136. The van der Waals surface area contributed by atoms with Gasteiger partial charge < -0.3 is 10.6 Å². The maximum Gasteiger partial charge on any atom is 0.226 e. The number of carbonyl (C=O) groups excluding carboxylic acids is 1. The molecular weight excluding hydrogens is 255 g/mol. The number of nitrogens with two attached hydrogens (primary N) is 1. The molecule has 20 heavy (non-hydrogen) atoms. The molecule has 0 bridgehead atoms. The standard InChI is InChI=1S/C16H21FN2O/c17-13-3-1-2-11(8-13)10-19(15-6-7-15)16(20)12-4-5-14(18)9-12/h1-3,8,12,14-15H,4-7,9-10,18H2. The lowest BCUT2D eigenvalue weighted by Gasteiger charge is -2.26. The van der Waals surface area contributed by atoms with Gasteiger partial charge in [-0.25, -0.2) is 4.39 Å². The maximum atomic E-state index is 13.3. The van der Waals surface area contributed by atoms with Crippen molar-refractivity contribution >= 4 is 5.91 Å². The largest absolute Gasteiger partial charge is 0.335 e. The van der Waals surface area contributed by atoms with Crippen molar-refractivity contribution in [2.45, 2.75) is 50.7 Å². The highest BCUT2D eigenvalue weighted by atomic mass is 19.1. The summed E-state index contributed by atoms with van der Waals surface area (Å²) in [7, 11) is 0. The van der Waals surface area contributed by atoms with E-state index in [1.54, 1.807) is 6.07 Å². The molecule has 1 amide bonds. The Morgan fingerprint density at radius 2 is 2.10 bits per heavy atom. The molecule has 0 spiro atoms. The van der Waals surface area contributed by atoms with E-state index in [-0.39, 0.29) is 23.7 Å². The number of amides is 1. The summed E-state index contributed by atoms with van der Waals surface area (Å²) in [6, 6.07) is 7.05. The topological polar surface area (TPSA) is 46.3 Å². The number of hydrogen-bond acceptors (Lipinski definition) is 2. The fraction of sp³-hybridized carbons (Fsp3) is 0.562. The summed E-state index contributed by atoms with van der Waals surface area (Å²) in [5.41, 5.74) is 6.78. The number of benzene rings is 1. The highest BCUT2D eigenvalue weighted by Gasteiger charge is 2.38. The minimum absolute atomic E-state index is 0.0687. The Balaban J connectivity index is 1.71. The first-order valence-electron chi connectivity index (χ1n) is 7.44. The summed E-state index contributed by atoms with van der Waals surface area (Å²) >= 11 is 0. The number of rotatable bonds is 4. The first-order chi connectivity index (χ1) is 9.63. The van der Waals surface area contributed by atoms with Crippen LogP contribution in [-0.4, -0.2) is 22.9 Å². The summed E-state index contributed by atoms with van der Waals surface area (Å²) in [4.78, 5) is 14.6. The lowest BCUT2D eigenvalue weighted by atomic mass is 10.1. The van der Waals surface area contributed by atoms with Crippen molar-refractivity contribution in [3.8, 4) is 0 Å². The zero-order valence-electron chi connectivity index (χ0n) is 11.6. The molecule has 2 atom stereocenters. The van der Waals surface area contributed by atoms with Crippen LogP contribution >= 0.6 is 0 Å². The second-order valence-electron chi connectivity index (χ2n) is 6.10. The molecular formula is C16H21FN2O. The van der Waals surface area contributed by atoms with Crippen molar-refractivity contribution in [2.75, 3.05) is 0 Å². The Kier molecular flexibility index (Phi) is 3.74. The van der Waals surface area contributed by atoms with Gasteiger partial charge in [0.15, 0.2) is 0 Å². The molecule has 2 unspecified atom stereocenters. The molecule has 3 nitrogen and oxygen atoms in total. The molecule has 0 saturated heterocycles. The number of halogens is 1. The van der Waals surface area contributed by atoms with Gasteiger partial charge in [0, 0.05) is 24.5 Å². The zero-order chi connectivity index (χ0) is 14.1. The molecule has 2 aliphatic carbocycles. The van der Waals surface area contributed by atoms with Crippen molar-refractivity contribution in [2.24, 2.45) is 11.7 Å². The van der Waals surface area contributed by atoms with Crippen LogP contribution in [0.2, 0.25) is 0 Å². The third-order valence-electron chi connectivity index (χ3n) is 4.34. The first kappa shape index (κ1) is 13.6. The van der Waals surface area contributed by atoms with Crippen molar-refractivity contribution in [3.63, 3.8) is 0 Å². The molecule has 0 heterocycles. The zero-order valence-corrected chi connectivity index (χ0v) is 11.6. The van der Waals surface area contributed by atoms with Crippen LogP contribution in [0.5, 0.6) is 0 Å². The molecule has 1 aromatic rings. The third kappa shape index (κ3) is 3.01. The van der Waals surface area contributed by atoms with E-state index in [0.29, 0.717) is 12.6 Å². The summed E-state index contributed by atoms with van der Waals surface area (Å²) < 4.78 is 13.3. The van der Waals surface area contributed by atoms with Gasteiger partial charge in [-0.2, -0.15) is 0 Å². The van der Waals surface area contributed by atoms with E-state index in [2.05, 4.69) is 0 Å². The molecule has 2 N–H and O–H groups in total. The summed E-state index contributed by atoms with van der Waals surface area (Å²) in [6.07, 6.45) is 4.77. The summed E-state index contributed by atoms with van der Waals surface area (Å²) in [5, 5.41) is 0. The molecule has 4 heteroatoms. The molecule has 2 fully saturated rings. The van der Waals surface area contributed by atoms with Gasteiger partial charge in [0.05, 0.1) is 0 Å². The minimum Gasteiger partial charge on any atom is -0.335 e. The van der Waals surface area contributed by atoms with E-state index in [4.69, 9.17) is 5.73 Å². The van der Waals surface area contributed by atoms with Gasteiger partial charge >= 0.3 is 0 Å². The molecule has 108 valence electrons. The van der Waals surface area contributed by atoms with Gasteiger partial charge in [-0.1, -0.05) is 12.1 Å². The fourth-order valence-electron chi connectivity index (χ4n) is 3.08. The van der Waals surface area contributed by atoms with E-state index < -0.39 is 0 Å². The molecule has 2 saturated carbocycles.